The molecule has 2 aromatic rings. The zero-order chi connectivity index (χ0) is 16.5. The Morgan fingerprint density at radius 2 is 2.12 bits per heavy atom. The molecule has 0 unspecified atom stereocenters. The number of pyridine rings is 1. The minimum absolute atomic E-state index is 0.0686. The number of nitrogens with zero attached hydrogens (tertiary/aromatic N) is 4. The van der Waals surface area contributed by atoms with Crippen LogP contribution in [0.4, 0.5) is 5.69 Å². The van der Waals surface area contributed by atoms with Crippen LogP contribution < -0.4 is 9.64 Å². The summed E-state index contributed by atoms with van der Waals surface area (Å²) < 4.78 is 12.7. The average molecular weight is 328 g/mol. The van der Waals surface area contributed by atoms with Crippen molar-refractivity contribution in [3.8, 4) is 5.75 Å². The highest BCUT2D eigenvalue weighted by Gasteiger charge is 2.28. The molecule has 0 aromatic carbocycles. The Kier molecular flexibility index (Phi) is 3.93. The molecule has 0 N–H and O–H groups in total. The second-order valence-corrected chi connectivity index (χ2v) is 6.11. The largest absolute Gasteiger partial charge is 0.489 e. The second-order valence-electron chi connectivity index (χ2n) is 6.11. The van der Waals surface area contributed by atoms with E-state index in [1.807, 2.05) is 13.1 Å². The zero-order valence-electron chi connectivity index (χ0n) is 13.6. The van der Waals surface area contributed by atoms with E-state index in [9.17, 15) is 4.79 Å². The molecule has 4 heterocycles. The molecule has 0 atom stereocenters. The number of hydrogen-bond acceptors (Lipinski definition) is 5. The lowest BCUT2D eigenvalue weighted by Crippen LogP contribution is -2.38. The minimum Gasteiger partial charge on any atom is -0.489 e. The molecule has 2 aliphatic rings. The van der Waals surface area contributed by atoms with E-state index < -0.39 is 0 Å². The highest BCUT2D eigenvalue weighted by Crippen LogP contribution is 2.32. The maximum Gasteiger partial charge on any atom is 0.276 e. The lowest BCUT2D eigenvalue weighted by atomic mass is 9.96. The molecular weight excluding hydrogens is 308 g/mol. The summed E-state index contributed by atoms with van der Waals surface area (Å²) in [6.07, 6.45) is 5.24. The zero-order valence-corrected chi connectivity index (χ0v) is 13.6. The number of carbonyl (C=O) groups excluding carboxylic acids is 1. The molecule has 1 fully saturated rings. The van der Waals surface area contributed by atoms with Gasteiger partial charge in [-0.2, -0.15) is 5.10 Å². The Hall–Kier alpha value is -2.41. The Labute approximate surface area is 140 Å². The number of amides is 1. The number of ether oxygens (including phenoxy) is 2. The van der Waals surface area contributed by atoms with E-state index in [1.165, 1.54) is 0 Å². The lowest BCUT2D eigenvalue weighted by molar-refractivity contribution is 0.0844. The summed E-state index contributed by atoms with van der Waals surface area (Å²) in [6, 6.07) is 3.70. The Bertz CT molecular complexity index is 752. The molecule has 0 saturated carbocycles. The van der Waals surface area contributed by atoms with E-state index in [1.54, 1.807) is 28.0 Å². The fourth-order valence-corrected chi connectivity index (χ4v) is 3.30. The van der Waals surface area contributed by atoms with Crippen molar-refractivity contribution in [2.45, 2.75) is 18.8 Å². The van der Waals surface area contributed by atoms with Gasteiger partial charge < -0.3 is 9.47 Å². The van der Waals surface area contributed by atoms with Gasteiger partial charge in [-0.25, -0.2) is 0 Å². The van der Waals surface area contributed by atoms with Crippen molar-refractivity contribution < 1.29 is 14.3 Å². The number of rotatable bonds is 2. The third-order valence-electron chi connectivity index (χ3n) is 4.63. The predicted molar refractivity (Wildman–Crippen MR) is 87.4 cm³/mol. The molecule has 4 rings (SSSR count). The van der Waals surface area contributed by atoms with Crippen molar-refractivity contribution in [1.82, 2.24) is 14.8 Å². The van der Waals surface area contributed by atoms with Gasteiger partial charge in [-0.1, -0.05) is 0 Å². The molecule has 7 nitrogen and oxygen atoms in total. The van der Waals surface area contributed by atoms with Crippen LogP contribution in [-0.2, 0) is 11.8 Å². The van der Waals surface area contributed by atoms with Crippen molar-refractivity contribution in [1.29, 1.82) is 0 Å². The summed E-state index contributed by atoms with van der Waals surface area (Å²) in [7, 11) is 1.82. The molecule has 1 saturated heterocycles. The lowest BCUT2D eigenvalue weighted by Gasteiger charge is -2.28. The molecule has 7 heteroatoms. The van der Waals surface area contributed by atoms with E-state index in [4.69, 9.17) is 9.47 Å². The Morgan fingerprint density at radius 1 is 1.29 bits per heavy atom. The first kappa shape index (κ1) is 15.1. The standard InChI is InChI=1S/C17H20N4O3/c1-20-14(10-13(19-20)12-3-7-23-8-4-12)17(22)21-6-9-24-16-2-5-18-11-15(16)21/h2,5,10-12H,3-4,6-9H2,1H3. The molecule has 0 spiro atoms. The van der Waals surface area contributed by atoms with Crippen LogP contribution in [0.1, 0.15) is 34.9 Å². The minimum atomic E-state index is -0.0686. The van der Waals surface area contributed by atoms with Crippen LogP contribution in [0.25, 0.3) is 0 Å². The van der Waals surface area contributed by atoms with E-state index in [-0.39, 0.29) is 5.91 Å². The van der Waals surface area contributed by atoms with Gasteiger partial charge in [0.1, 0.15) is 23.7 Å². The fourth-order valence-electron chi connectivity index (χ4n) is 3.30. The average Bonchev–Trinajstić information content (AvgIpc) is 3.03. The summed E-state index contributed by atoms with van der Waals surface area (Å²) in [6.45, 7) is 2.50. The van der Waals surface area contributed by atoms with Crippen molar-refractivity contribution in [2.75, 3.05) is 31.3 Å². The summed E-state index contributed by atoms with van der Waals surface area (Å²) in [5.74, 6) is 0.988. The number of aryl methyl sites for hydroxylation is 1. The predicted octanol–water partition coefficient (Wildman–Crippen LogP) is 1.75. The molecule has 24 heavy (non-hydrogen) atoms. The van der Waals surface area contributed by atoms with Gasteiger partial charge in [0, 0.05) is 38.4 Å². The monoisotopic (exact) mass is 328 g/mol. The molecule has 126 valence electrons. The first-order chi connectivity index (χ1) is 11.7. The number of fused-ring (bicyclic) bond motifs is 1. The highest BCUT2D eigenvalue weighted by molar-refractivity contribution is 6.06. The van der Waals surface area contributed by atoms with Crippen LogP contribution in [0.3, 0.4) is 0 Å². The maximum atomic E-state index is 13.0. The normalized spacial score (nSPS) is 18.1. The van der Waals surface area contributed by atoms with Crippen molar-refractivity contribution >= 4 is 11.6 Å². The van der Waals surface area contributed by atoms with E-state index >= 15 is 0 Å². The van der Waals surface area contributed by atoms with Crippen LogP contribution in [0, 0.1) is 0 Å². The van der Waals surface area contributed by atoms with Gasteiger partial charge >= 0.3 is 0 Å². The number of anilines is 1. The molecule has 0 bridgehead atoms. The van der Waals surface area contributed by atoms with Gasteiger partial charge in [0.15, 0.2) is 0 Å². The van der Waals surface area contributed by atoms with Crippen molar-refractivity contribution in [2.24, 2.45) is 7.05 Å². The smallest absolute Gasteiger partial charge is 0.276 e. The molecule has 0 radical (unpaired) electrons. The van der Waals surface area contributed by atoms with Crippen LogP contribution in [-0.4, -0.2) is 47.0 Å². The third kappa shape index (κ3) is 2.65. The number of hydrogen-bond donors (Lipinski definition) is 0. The maximum absolute atomic E-state index is 13.0. The van der Waals surface area contributed by atoms with Crippen molar-refractivity contribution in [3.05, 3.63) is 35.9 Å². The van der Waals surface area contributed by atoms with Gasteiger partial charge in [-0.05, 0) is 18.9 Å². The third-order valence-corrected chi connectivity index (χ3v) is 4.63. The number of aromatic nitrogens is 3. The summed E-state index contributed by atoms with van der Waals surface area (Å²) >= 11 is 0. The first-order valence-electron chi connectivity index (χ1n) is 8.24. The topological polar surface area (TPSA) is 69.5 Å². The molecule has 2 aromatic heterocycles. The van der Waals surface area contributed by atoms with Gasteiger partial charge in [0.2, 0.25) is 0 Å². The summed E-state index contributed by atoms with van der Waals surface area (Å²) in [4.78, 5) is 18.9. The van der Waals surface area contributed by atoms with Gasteiger partial charge in [-0.15, -0.1) is 0 Å². The molecule has 0 aliphatic carbocycles. The van der Waals surface area contributed by atoms with Crippen LogP contribution in [0.15, 0.2) is 24.5 Å². The Morgan fingerprint density at radius 3 is 2.96 bits per heavy atom. The summed E-state index contributed by atoms with van der Waals surface area (Å²) in [5, 5.41) is 4.57. The molecular formula is C17H20N4O3. The van der Waals surface area contributed by atoms with Crippen molar-refractivity contribution in [3.63, 3.8) is 0 Å². The van der Waals surface area contributed by atoms with E-state index in [2.05, 4.69) is 10.1 Å². The van der Waals surface area contributed by atoms with Gasteiger partial charge in [0.05, 0.1) is 18.4 Å². The summed E-state index contributed by atoms with van der Waals surface area (Å²) in [5.41, 5.74) is 2.28. The Balaban J connectivity index is 1.62. The molecule has 2 aliphatic heterocycles. The van der Waals surface area contributed by atoms with E-state index in [0.29, 0.717) is 36.2 Å². The van der Waals surface area contributed by atoms with Crippen LogP contribution in [0.2, 0.25) is 0 Å². The first-order valence-corrected chi connectivity index (χ1v) is 8.24. The fraction of sp³-hybridized carbons (Fsp3) is 0.471. The van der Waals surface area contributed by atoms with Gasteiger partial charge in [-0.3, -0.25) is 19.4 Å². The van der Waals surface area contributed by atoms with Gasteiger partial charge in [0.25, 0.3) is 5.91 Å². The SMILES string of the molecule is Cn1nc(C2CCOCC2)cc1C(=O)N1CCOc2ccncc21. The second kappa shape index (κ2) is 6.24. The van der Waals surface area contributed by atoms with Crippen LogP contribution in [0.5, 0.6) is 5.75 Å². The van der Waals surface area contributed by atoms with E-state index in [0.717, 1.165) is 31.7 Å². The van der Waals surface area contributed by atoms with Crippen LogP contribution >= 0.6 is 0 Å². The number of carbonyl (C=O) groups is 1. The molecule has 1 amide bonds. The quantitative estimate of drug-likeness (QED) is 0.840. The highest BCUT2D eigenvalue weighted by atomic mass is 16.5.